The maximum absolute atomic E-state index is 13.1. The second-order valence-corrected chi connectivity index (χ2v) is 5.89. The van der Waals surface area contributed by atoms with E-state index in [1.54, 1.807) is 18.2 Å². The molecule has 1 N–H and O–H groups in total. The molecule has 3 aromatic rings. The van der Waals surface area contributed by atoms with Crippen molar-refractivity contribution in [2.24, 2.45) is 0 Å². The lowest BCUT2D eigenvalue weighted by Gasteiger charge is -2.05. The van der Waals surface area contributed by atoms with Crippen molar-refractivity contribution in [2.75, 3.05) is 5.32 Å². The molecule has 6 heteroatoms. The molecule has 1 aromatic heterocycles. The molecule has 0 spiro atoms. The normalized spacial score (nSPS) is 10.4. The van der Waals surface area contributed by atoms with Crippen LogP contribution in [-0.4, -0.2) is 5.91 Å². The zero-order valence-electron chi connectivity index (χ0n) is 12.5. The molecule has 4 nitrogen and oxygen atoms in total. The molecule has 0 aliphatic carbocycles. The Balaban J connectivity index is 1.61. The van der Waals surface area contributed by atoms with Crippen LogP contribution in [0.5, 0.6) is 5.75 Å². The largest absolute Gasteiger partial charge is 0.486 e. The first-order chi connectivity index (χ1) is 11.6. The minimum absolute atomic E-state index is 0.132. The molecular formula is C18H13BrFNO3. The highest BCUT2D eigenvalue weighted by atomic mass is 79.9. The molecule has 0 saturated carbocycles. The van der Waals surface area contributed by atoms with E-state index < -0.39 is 11.7 Å². The first-order valence-corrected chi connectivity index (χ1v) is 7.93. The predicted molar refractivity (Wildman–Crippen MR) is 91.5 cm³/mol. The van der Waals surface area contributed by atoms with Gasteiger partial charge in [-0.15, -0.1) is 0 Å². The van der Waals surface area contributed by atoms with E-state index >= 15 is 0 Å². The smallest absolute Gasteiger partial charge is 0.291 e. The van der Waals surface area contributed by atoms with Crippen molar-refractivity contribution in [1.82, 2.24) is 0 Å². The predicted octanol–water partition coefficient (Wildman–Crippen LogP) is 5.01. The molecule has 0 fully saturated rings. The molecule has 0 saturated heterocycles. The Kier molecular flexibility index (Phi) is 4.96. The van der Waals surface area contributed by atoms with Crippen molar-refractivity contribution < 1.29 is 18.3 Å². The topological polar surface area (TPSA) is 51.5 Å². The lowest BCUT2D eigenvalue weighted by Crippen LogP contribution is -2.10. The Morgan fingerprint density at radius 2 is 1.96 bits per heavy atom. The number of anilines is 1. The summed E-state index contributed by atoms with van der Waals surface area (Å²) >= 11 is 3.37. The summed E-state index contributed by atoms with van der Waals surface area (Å²) in [6.07, 6.45) is 0. The van der Waals surface area contributed by atoms with E-state index in [0.29, 0.717) is 17.2 Å². The van der Waals surface area contributed by atoms with Gasteiger partial charge in [-0.3, -0.25) is 4.79 Å². The van der Waals surface area contributed by atoms with Gasteiger partial charge in [-0.1, -0.05) is 28.1 Å². The first-order valence-electron chi connectivity index (χ1n) is 7.14. The van der Waals surface area contributed by atoms with E-state index in [1.165, 1.54) is 18.2 Å². The zero-order valence-corrected chi connectivity index (χ0v) is 14.0. The summed E-state index contributed by atoms with van der Waals surface area (Å²) in [6, 6.07) is 16.3. The quantitative estimate of drug-likeness (QED) is 0.666. The fourth-order valence-corrected chi connectivity index (χ4v) is 2.43. The van der Waals surface area contributed by atoms with Gasteiger partial charge in [0.1, 0.15) is 23.9 Å². The second-order valence-electron chi connectivity index (χ2n) is 4.98. The van der Waals surface area contributed by atoms with Crippen molar-refractivity contribution in [1.29, 1.82) is 0 Å². The minimum Gasteiger partial charge on any atom is -0.486 e. The SMILES string of the molecule is O=C(Nc1cccc(F)c1)c1ccc(COc2cccc(Br)c2)o1. The number of carbonyl (C=O) groups excluding carboxylic acids is 1. The maximum Gasteiger partial charge on any atom is 0.291 e. The Hall–Kier alpha value is -2.60. The summed E-state index contributed by atoms with van der Waals surface area (Å²) in [5, 5.41) is 2.57. The van der Waals surface area contributed by atoms with E-state index in [0.717, 1.165) is 4.47 Å². The van der Waals surface area contributed by atoms with Crippen LogP contribution in [0, 0.1) is 5.82 Å². The van der Waals surface area contributed by atoms with Crippen LogP contribution in [0.25, 0.3) is 0 Å². The van der Waals surface area contributed by atoms with Gasteiger partial charge in [-0.2, -0.15) is 0 Å². The fraction of sp³-hybridized carbons (Fsp3) is 0.0556. The Labute approximate surface area is 146 Å². The number of halogens is 2. The number of carbonyl (C=O) groups is 1. The third-order valence-corrected chi connectivity index (χ3v) is 3.64. The molecular weight excluding hydrogens is 377 g/mol. The molecule has 0 unspecified atom stereocenters. The summed E-state index contributed by atoms with van der Waals surface area (Å²) in [5.41, 5.74) is 0.364. The van der Waals surface area contributed by atoms with Gasteiger partial charge in [0.25, 0.3) is 5.91 Å². The van der Waals surface area contributed by atoms with Crippen LogP contribution in [0.4, 0.5) is 10.1 Å². The molecule has 0 radical (unpaired) electrons. The maximum atomic E-state index is 13.1. The molecule has 122 valence electrons. The van der Waals surface area contributed by atoms with Crippen LogP contribution in [0.15, 0.2) is 69.6 Å². The van der Waals surface area contributed by atoms with E-state index in [2.05, 4.69) is 21.2 Å². The van der Waals surface area contributed by atoms with E-state index in [4.69, 9.17) is 9.15 Å². The summed E-state index contributed by atoms with van der Waals surface area (Å²) in [4.78, 5) is 12.1. The van der Waals surface area contributed by atoms with Gasteiger partial charge >= 0.3 is 0 Å². The number of ether oxygens (including phenoxy) is 1. The van der Waals surface area contributed by atoms with Crippen LogP contribution < -0.4 is 10.1 Å². The molecule has 0 bridgehead atoms. The summed E-state index contributed by atoms with van der Waals surface area (Å²) in [6.45, 7) is 0.198. The van der Waals surface area contributed by atoms with Crippen LogP contribution >= 0.6 is 15.9 Å². The summed E-state index contributed by atoms with van der Waals surface area (Å²) in [7, 11) is 0. The van der Waals surface area contributed by atoms with Gasteiger partial charge in [-0.05, 0) is 48.5 Å². The molecule has 1 amide bonds. The van der Waals surface area contributed by atoms with Crippen LogP contribution in [-0.2, 0) is 6.61 Å². The van der Waals surface area contributed by atoms with Crippen LogP contribution in [0.1, 0.15) is 16.3 Å². The van der Waals surface area contributed by atoms with Crippen molar-refractivity contribution in [3.05, 3.63) is 82.5 Å². The summed E-state index contributed by atoms with van der Waals surface area (Å²) in [5.74, 6) is 0.461. The molecule has 0 atom stereocenters. The average Bonchev–Trinajstić information content (AvgIpc) is 3.02. The number of hydrogen-bond acceptors (Lipinski definition) is 3. The van der Waals surface area contributed by atoms with Gasteiger partial charge in [0.2, 0.25) is 0 Å². The first kappa shape index (κ1) is 16.3. The van der Waals surface area contributed by atoms with Gasteiger partial charge in [0, 0.05) is 10.2 Å². The van der Waals surface area contributed by atoms with Crippen molar-refractivity contribution in [3.8, 4) is 5.75 Å². The van der Waals surface area contributed by atoms with Crippen molar-refractivity contribution >= 4 is 27.5 Å². The molecule has 0 aliphatic heterocycles. The number of furan rings is 1. The highest BCUT2D eigenvalue weighted by Crippen LogP contribution is 2.20. The molecule has 1 heterocycles. The van der Waals surface area contributed by atoms with Gasteiger partial charge in [-0.25, -0.2) is 4.39 Å². The Morgan fingerprint density at radius 1 is 1.12 bits per heavy atom. The monoisotopic (exact) mass is 389 g/mol. The molecule has 0 aliphatic rings. The van der Waals surface area contributed by atoms with Crippen molar-refractivity contribution in [3.63, 3.8) is 0 Å². The minimum atomic E-state index is -0.450. The summed E-state index contributed by atoms with van der Waals surface area (Å²) < 4.78 is 25.1. The third-order valence-electron chi connectivity index (χ3n) is 3.15. The fourth-order valence-electron chi connectivity index (χ4n) is 2.05. The van der Waals surface area contributed by atoms with Crippen LogP contribution in [0.3, 0.4) is 0 Å². The number of hydrogen-bond donors (Lipinski definition) is 1. The van der Waals surface area contributed by atoms with Crippen LogP contribution in [0.2, 0.25) is 0 Å². The third kappa shape index (κ3) is 4.23. The number of amides is 1. The van der Waals surface area contributed by atoms with E-state index in [9.17, 15) is 9.18 Å². The highest BCUT2D eigenvalue weighted by molar-refractivity contribution is 9.10. The number of benzene rings is 2. The Morgan fingerprint density at radius 3 is 2.75 bits per heavy atom. The second kappa shape index (κ2) is 7.31. The van der Waals surface area contributed by atoms with Gasteiger partial charge < -0.3 is 14.5 Å². The van der Waals surface area contributed by atoms with Crippen molar-refractivity contribution in [2.45, 2.75) is 6.61 Å². The zero-order chi connectivity index (χ0) is 16.9. The van der Waals surface area contributed by atoms with E-state index in [1.807, 2.05) is 24.3 Å². The van der Waals surface area contributed by atoms with Gasteiger partial charge in [0.05, 0.1) is 0 Å². The molecule has 24 heavy (non-hydrogen) atoms. The standard InChI is InChI=1S/C18H13BrFNO3/c19-12-3-1-6-15(9-12)23-11-16-7-8-17(24-16)18(22)21-14-5-2-4-13(20)10-14/h1-10H,11H2,(H,21,22). The number of rotatable bonds is 5. The van der Waals surface area contributed by atoms with Gasteiger partial charge in [0.15, 0.2) is 5.76 Å². The highest BCUT2D eigenvalue weighted by Gasteiger charge is 2.12. The lowest BCUT2D eigenvalue weighted by atomic mass is 10.3. The number of nitrogens with one attached hydrogen (secondary N) is 1. The lowest BCUT2D eigenvalue weighted by molar-refractivity contribution is 0.0992. The average molecular weight is 390 g/mol. The van der Waals surface area contributed by atoms with E-state index in [-0.39, 0.29) is 12.4 Å². The Bertz CT molecular complexity index is 863. The molecule has 2 aromatic carbocycles. The molecule has 3 rings (SSSR count).